The lowest BCUT2D eigenvalue weighted by molar-refractivity contribution is -0.0272. The molecule has 134 valence electrons. The average molecular weight is 338 g/mol. The van der Waals surface area contributed by atoms with E-state index in [2.05, 4.69) is 15.5 Å². The molecule has 2 fully saturated rings. The Hall–Kier alpha value is -1.64. The maximum absolute atomic E-state index is 12.5. The molecule has 0 aliphatic carbocycles. The molecule has 8 nitrogen and oxygen atoms in total. The van der Waals surface area contributed by atoms with Crippen molar-refractivity contribution in [1.29, 1.82) is 0 Å². The first-order chi connectivity index (χ1) is 11.7. The third-order valence-electron chi connectivity index (χ3n) is 4.99. The second-order valence-corrected chi connectivity index (χ2v) is 6.49. The fourth-order valence-corrected chi connectivity index (χ4v) is 3.62. The second kappa shape index (κ2) is 7.96. The highest BCUT2D eigenvalue weighted by Crippen LogP contribution is 2.32. The van der Waals surface area contributed by atoms with Gasteiger partial charge in [0.25, 0.3) is 0 Å². The van der Waals surface area contributed by atoms with E-state index in [0.29, 0.717) is 19.5 Å². The number of aromatic amines is 1. The van der Waals surface area contributed by atoms with E-state index in [9.17, 15) is 9.90 Å². The summed E-state index contributed by atoms with van der Waals surface area (Å²) in [4.78, 5) is 14.2. The summed E-state index contributed by atoms with van der Waals surface area (Å²) in [6.45, 7) is 1.74. The van der Waals surface area contributed by atoms with E-state index in [1.807, 2.05) is 6.20 Å². The van der Waals surface area contributed by atoms with Crippen LogP contribution < -0.4 is 5.32 Å². The minimum Gasteiger partial charge on any atom is -0.394 e. The van der Waals surface area contributed by atoms with E-state index in [0.717, 1.165) is 25.0 Å². The summed E-state index contributed by atoms with van der Waals surface area (Å²) < 4.78 is 11.2. The smallest absolute Gasteiger partial charge is 0.317 e. The Kier molecular flexibility index (Phi) is 5.70. The second-order valence-electron chi connectivity index (χ2n) is 6.49. The van der Waals surface area contributed by atoms with Crippen molar-refractivity contribution >= 4 is 6.03 Å². The van der Waals surface area contributed by atoms with Gasteiger partial charge >= 0.3 is 6.03 Å². The summed E-state index contributed by atoms with van der Waals surface area (Å²) in [6.07, 6.45) is 6.22. The van der Waals surface area contributed by atoms with E-state index in [1.54, 1.807) is 18.2 Å². The van der Waals surface area contributed by atoms with Crippen molar-refractivity contribution < 1.29 is 19.4 Å². The zero-order valence-electron chi connectivity index (χ0n) is 14.0. The summed E-state index contributed by atoms with van der Waals surface area (Å²) in [5.74, 6) is 0.216. The van der Waals surface area contributed by atoms with Crippen LogP contribution in [-0.4, -0.2) is 71.8 Å². The zero-order chi connectivity index (χ0) is 16.9. The van der Waals surface area contributed by atoms with Crippen molar-refractivity contribution in [3.63, 3.8) is 0 Å². The van der Waals surface area contributed by atoms with Crippen LogP contribution in [0.15, 0.2) is 12.4 Å². The highest BCUT2D eigenvalue weighted by Gasteiger charge is 2.35. The van der Waals surface area contributed by atoms with Gasteiger partial charge in [0.2, 0.25) is 0 Å². The van der Waals surface area contributed by atoms with E-state index in [-0.39, 0.29) is 36.8 Å². The number of carbonyl (C=O) groups excluding carboxylic acids is 1. The molecule has 3 rings (SSSR count). The van der Waals surface area contributed by atoms with Gasteiger partial charge in [-0.15, -0.1) is 0 Å². The minimum absolute atomic E-state index is 0.00964. The molecule has 0 aromatic carbocycles. The lowest BCUT2D eigenvalue weighted by Crippen LogP contribution is -2.46. The topological polar surface area (TPSA) is 99.7 Å². The number of rotatable bonds is 5. The molecule has 2 aliphatic rings. The van der Waals surface area contributed by atoms with E-state index < -0.39 is 0 Å². The lowest BCUT2D eigenvalue weighted by atomic mass is 9.91. The Morgan fingerprint density at radius 1 is 1.62 bits per heavy atom. The number of H-pyrrole nitrogens is 1. The monoisotopic (exact) mass is 338 g/mol. The molecule has 0 unspecified atom stereocenters. The van der Waals surface area contributed by atoms with Gasteiger partial charge in [0.1, 0.15) is 0 Å². The fraction of sp³-hybridized carbons (Fsp3) is 0.750. The number of hydrogen-bond donors (Lipinski definition) is 3. The zero-order valence-corrected chi connectivity index (χ0v) is 14.0. The average Bonchev–Trinajstić information content (AvgIpc) is 3.29. The fourth-order valence-electron chi connectivity index (χ4n) is 3.62. The van der Waals surface area contributed by atoms with Crippen molar-refractivity contribution in [3.05, 3.63) is 18.0 Å². The number of nitrogens with one attached hydrogen (secondary N) is 2. The highest BCUT2D eigenvalue weighted by atomic mass is 16.5. The highest BCUT2D eigenvalue weighted by molar-refractivity contribution is 5.75. The van der Waals surface area contributed by atoms with Gasteiger partial charge in [-0.1, -0.05) is 0 Å². The Bertz CT molecular complexity index is 524. The number of nitrogens with zero attached hydrogens (tertiary/aromatic N) is 2. The Morgan fingerprint density at radius 2 is 2.50 bits per heavy atom. The van der Waals surface area contributed by atoms with Gasteiger partial charge in [-0.3, -0.25) is 5.10 Å². The van der Waals surface area contributed by atoms with Gasteiger partial charge in [-0.2, -0.15) is 5.10 Å². The number of amides is 2. The molecule has 0 saturated carbocycles. The summed E-state index contributed by atoms with van der Waals surface area (Å²) in [5.41, 5.74) is 1.02. The SMILES string of the molecule is CO[C@@H]1C[C@@H](CO)N(C(=O)NC[C@@H]2CCCO[C@H]2c2cn[nH]c2)C1. The summed E-state index contributed by atoms with van der Waals surface area (Å²) in [5, 5.41) is 19.3. The molecule has 2 aliphatic heterocycles. The van der Waals surface area contributed by atoms with Crippen molar-refractivity contribution in [3.8, 4) is 0 Å². The van der Waals surface area contributed by atoms with Gasteiger partial charge in [0.15, 0.2) is 0 Å². The van der Waals surface area contributed by atoms with E-state index in [1.165, 1.54) is 0 Å². The molecule has 0 bridgehead atoms. The van der Waals surface area contributed by atoms with E-state index >= 15 is 0 Å². The van der Waals surface area contributed by atoms with E-state index in [4.69, 9.17) is 9.47 Å². The van der Waals surface area contributed by atoms with Crippen molar-refractivity contribution in [2.75, 3.05) is 33.4 Å². The number of ether oxygens (including phenoxy) is 2. The number of aliphatic hydroxyl groups is 1. The first kappa shape index (κ1) is 17.2. The van der Waals surface area contributed by atoms with Gasteiger partial charge in [0.05, 0.1) is 31.1 Å². The molecule has 2 amide bonds. The van der Waals surface area contributed by atoms with Crippen LogP contribution in [0, 0.1) is 5.92 Å². The van der Waals surface area contributed by atoms with Crippen molar-refractivity contribution in [2.24, 2.45) is 5.92 Å². The van der Waals surface area contributed by atoms with Crippen LogP contribution in [0.4, 0.5) is 4.79 Å². The minimum atomic E-state index is -0.178. The van der Waals surface area contributed by atoms with Gasteiger partial charge in [-0.05, 0) is 19.3 Å². The third kappa shape index (κ3) is 3.71. The van der Waals surface area contributed by atoms with Crippen LogP contribution in [0.1, 0.15) is 30.9 Å². The Balaban J connectivity index is 1.56. The van der Waals surface area contributed by atoms with Gasteiger partial charge in [0, 0.05) is 44.5 Å². The molecule has 2 saturated heterocycles. The number of hydrogen-bond acceptors (Lipinski definition) is 5. The predicted molar refractivity (Wildman–Crippen MR) is 86.4 cm³/mol. The molecule has 8 heteroatoms. The molecule has 24 heavy (non-hydrogen) atoms. The van der Waals surface area contributed by atoms with Gasteiger partial charge in [-0.25, -0.2) is 4.79 Å². The summed E-state index contributed by atoms with van der Waals surface area (Å²) in [7, 11) is 1.63. The number of carbonyl (C=O) groups is 1. The van der Waals surface area contributed by atoms with Crippen LogP contribution in [0.2, 0.25) is 0 Å². The largest absolute Gasteiger partial charge is 0.394 e. The maximum Gasteiger partial charge on any atom is 0.317 e. The molecule has 0 radical (unpaired) electrons. The first-order valence-electron chi connectivity index (χ1n) is 8.51. The molecule has 3 N–H and O–H groups in total. The van der Waals surface area contributed by atoms with Crippen molar-refractivity contribution in [2.45, 2.75) is 37.5 Å². The standard InChI is InChI=1S/C16H26N4O4/c1-23-14-5-13(10-21)20(9-14)16(22)17-6-11-3-2-4-24-15(11)12-7-18-19-8-12/h7-8,11,13-15,21H,2-6,9-10H2,1H3,(H,17,22)(H,18,19)/t11-,13-,14+,15+/m0/s1. The number of aromatic nitrogens is 2. The molecule has 1 aromatic rings. The first-order valence-corrected chi connectivity index (χ1v) is 8.51. The summed E-state index contributed by atoms with van der Waals surface area (Å²) >= 11 is 0. The number of urea groups is 1. The number of methoxy groups -OCH3 is 1. The van der Waals surface area contributed by atoms with Crippen molar-refractivity contribution in [1.82, 2.24) is 20.4 Å². The molecular formula is C16H26N4O4. The quantitative estimate of drug-likeness (QED) is 0.733. The molecule has 1 aromatic heterocycles. The summed E-state index contributed by atoms with van der Waals surface area (Å²) in [6, 6.07) is -0.327. The molecule has 4 atom stereocenters. The van der Waals surface area contributed by atoms with Crippen LogP contribution in [0.25, 0.3) is 0 Å². The Morgan fingerprint density at radius 3 is 3.21 bits per heavy atom. The van der Waals surface area contributed by atoms with Crippen LogP contribution in [-0.2, 0) is 9.47 Å². The van der Waals surface area contributed by atoms with Crippen LogP contribution in [0.5, 0.6) is 0 Å². The predicted octanol–water partition coefficient (Wildman–Crippen LogP) is 0.669. The maximum atomic E-state index is 12.5. The van der Waals surface area contributed by atoms with Crippen LogP contribution >= 0.6 is 0 Å². The van der Waals surface area contributed by atoms with Crippen LogP contribution in [0.3, 0.4) is 0 Å². The molecular weight excluding hydrogens is 312 g/mol. The number of aliphatic hydroxyl groups excluding tert-OH is 1. The Labute approximate surface area is 141 Å². The number of likely N-dealkylation sites (tertiary alicyclic amines) is 1. The van der Waals surface area contributed by atoms with Gasteiger partial charge < -0.3 is 24.8 Å². The lowest BCUT2D eigenvalue weighted by Gasteiger charge is -2.32. The molecule has 0 spiro atoms. The normalized spacial score (nSPS) is 30.5. The molecule has 3 heterocycles. The third-order valence-corrected chi connectivity index (χ3v) is 4.99.